The van der Waals surface area contributed by atoms with E-state index in [0.717, 1.165) is 16.1 Å². The Morgan fingerprint density at radius 2 is 2.00 bits per heavy atom. The Bertz CT molecular complexity index is 388. The van der Waals surface area contributed by atoms with Gasteiger partial charge in [-0.05, 0) is 59.8 Å². The average Bonchev–Trinajstić information content (AvgIpc) is 2.40. The lowest BCUT2D eigenvalue weighted by atomic mass is 9.84. The number of benzene rings is 1. The van der Waals surface area contributed by atoms with Gasteiger partial charge in [-0.3, -0.25) is 0 Å². The highest BCUT2D eigenvalue weighted by Crippen LogP contribution is 2.31. The molecule has 1 aliphatic rings. The fraction of sp³-hybridized carbons (Fsp3) is 0.600. The van der Waals surface area contributed by atoms with Gasteiger partial charge in [0.15, 0.2) is 0 Å². The van der Waals surface area contributed by atoms with Crippen LogP contribution in [0, 0.1) is 5.92 Å². The summed E-state index contributed by atoms with van der Waals surface area (Å²) in [7, 11) is 1.69. The molecule has 1 aromatic rings. The van der Waals surface area contributed by atoms with E-state index < -0.39 is 0 Å². The Hall–Kier alpha value is -0.700. The smallest absolute Gasteiger partial charge is 0.133 e. The van der Waals surface area contributed by atoms with Crippen LogP contribution < -0.4 is 10.1 Å². The molecule has 0 bridgehead atoms. The highest BCUT2D eigenvalue weighted by atomic mass is 79.9. The number of ether oxygens (including phenoxy) is 1. The van der Waals surface area contributed by atoms with Crippen LogP contribution in [-0.4, -0.2) is 13.2 Å². The number of nitrogens with one attached hydrogen (secondary N) is 1. The summed E-state index contributed by atoms with van der Waals surface area (Å²) >= 11 is 3.53. The first-order valence-electron chi connectivity index (χ1n) is 6.81. The molecular formula is C15H22BrNO. The molecule has 1 aliphatic carbocycles. The Kier molecular flexibility index (Phi) is 4.93. The molecule has 1 saturated carbocycles. The number of methoxy groups -OCH3 is 1. The summed E-state index contributed by atoms with van der Waals surface area (Å²) in [6, 6.07) is 6.73. The van der Waals surface area contributed by atoms with Gasteiger partial charge in [-0.15, -0.1) is 0 Å². The molecule has 0 aromatic heterocycles. The lowest BCUT2D eigenvalue weighted by Crippen LogP contribution is -2.27. The molecule has 1 atom stereocenters. The van der Waals surface area contributed by atoms with Crippen LogP contribution in [0.15, 0.2) is 22.7 Å². The quantitative estimate of drug-likeness (QED) is 0.859. The van der Waals surface area contributed by atoms with Gasteiger partial charge in [0.05, 0.1) is 11.6 Å². The largest absolute Gasteiger partial charge is 0.496 e. The lowest BCUT2D eigenvalue weighted by molar-refractivity contribution is 0.328. The first kappa shape index (κ1) is 13.7. The first-order chi connectivity index (χ1) is 8.70. The molecule has 100 valence electrons. The fourth-order valence-electron chi connectivity index (χ4n) is 2.77. The molecule has 18 heavy (non-hydrogen) atoms. The van der Waals surface area contributed by atoms with E-state index in [1.54, 1.807) is 7.11 Å². The molecule has 0 radical (unpaired) electrons. The van der Waals surface area contributed by atoms with Gasteiger partial charge >= 0.3 is 0 Å². The third kappa shape index (κ3) is 3.41. The molecule has 3 heteroatoms. The minimum atomic E-state index is 0.547. The molecule has 0 aliphatic heterocycles. The molecule has 0 saturated heterocycles. The third-order valence-electron chi connectivity index (χ3n) is 3.90. The summed E-state index contributed by atoms with van der Waals surface area (Å²) in [6.07, 6.45) is 6.93. The van der Waals surface area contributed by atoms with Crippen LogP contribution >= 0.6 is 15.9 Å². The third-order valence-corrected chi connectivity index (χ3v) is 4.52. The summed E-state index contributed by atoms with van der Waals surface area (Å²) in [5.41, 5.74) is 1.17. The zero-order valence-corrected chi connectivity index (χ0v) is 12.8. The topological polar surface area (TPSA) is 21.3 Å². The second-order valence-corrected chi connectivity index (χ2v) is 6.03. The van der Waals surface area contributed by atoms with E-state index in [-0.39, 0.29) is 0 Å². The highest BCUT2D eigenvalue weighted by molar-refractivity contribution is 9.10. The molecule has 0 amide bonds. The van der Waals surface area contributed by atoms with Crippen LogP contribution in [0.5, 0.6) is 5.75 Å². The number of halogens is 1. The van der Waals surface area contributed by atoms with E-state index in [2.05, 4.69) is 40.3 Å². The number of hydrogen-bond acceptors (Lipinski definition) is 2. The molecule has 1 aromatic carbocycles. The van der Waals surface area contributed by atoms with Crippen molar-refractivity contribution in [3.8, 4) is 5.75 Å². The Morgan fingerprint density at radius 3 is 2.61 bits per heavy atom. The monoisotopic (exact) mass is 311 g/mol. The van der Waals surface area contributed by atoms with Crippen molar-refractivity contribution in [1.29, 1.82) is 0 Å². The van der Waals surface area contributed by atoms with Crippen LogP contribution in [0.2, 0.25) is 0 Å². The molecule has 1 unspecified atom stereocenters. The van der Waals surface area contributed by atoms with Gasteiger partial charge < -0.3 is 10.1 Å². The number of rotatable bonds is 4. The summed E-state index contributed by atoms with van der Waals surface area (Å²) in [4.78, 5) is 0. The Labute approximate surface area is 118 Å². The van der Waals surface area contributed by atoms with Gasteiger partial charge in [0.25, 0.3) is 0 Å². The van der Waals surface area contributed by atoms with Gasteiger partial charge in [0, 0.05) is 11.7 Å². The Balaban J connectivity index is 1.97. The SMILES string of the molecule is COc1ccc(NC(C)C2CCCCC2)cc1Br. The van der Waals surface area contributed by atoms with Gasteiger partial charge in [-0.25, -0.2) is 0 Å². The summed E-state index contributed by atoms with van der Waals surface area (Å²) < 4.78 is 6.25. The molecule has 0 spiro atoms. The maximum Gasteiger partial charge on any atom is 0.133 e. The van der Waals surface area contributed by atoms with Crippen molar-refractivity contribution in [1.82, 2.24) is 0 Å². The van der Waals surface area contributed by atoms with E-state index >= 15 is 0 Å². The molecular weight excluding hydrogens is 290 g/mol. The highest BCUT2D eigenvalue weighted by Gasteiger charge is 2.19. The number of hydrogen-bond donors (Lipinski definition) is 1. The van der Waals surface area contributed by atoms with E-state index in [1.165, 1.54) is 37.8 Å². The normalized spacial score (nSPS) is 18.4. The van der Waals surface area contributed by atoms with Crippen molar-refractivity contribution in [3.05, 3.63) is 22.7 Å². The molecule has 1 N–H and O–H groups in total. The fourth-order valence-corrected chi connectivity index (χ4v) is 3.31. The van der Waals surface area contributed by atoms with Gasteiger partial charge in [0.2, 0.25) is 0 Å². The summed E-state index contributed by atoms with van der Waals surface area (Å²) in [5, 5.41) is 3.62. The van der Waals surface area contributed by atoms with E-state index in [4.69, 9.17) is 4.74 Å². The standard InChI is InChI=1S/C15H22BrNO/c1-11(12-6-4-3-5-7-12)17-13-8-9-15(18-2)14(16)10-13/h8-12,17H,3-7H2,1-2H3. The first-order valence-corrected chi connectivity index (χ1v) is 7.60. The minimum absolute atomic E-state index is 0.547. The second-order valence-electron chi connectivity index (χ2n) is 5.18. The van der Waals surface area contributed by atoms with Crippen molar-refractivity contribution in [2.24, 2.45) is 5.92 Å². The predicted molar refractivity (Wildman–Crippen MR) is 80.4 cm³/mol. The van der Waals surface area contributed by atoms with Crippen LogP contribution in [0.4, 0.5) is 5.69 Å². The van der Waals surface area contributed by atoms with Gasteiger partial charge in [0.1, 0.15) is 5.75 Å². The van der Waals surface area contributed by atoms with Crippen LogP contribution in [-0.2, 0) is 0 Å². The minimum Gasteiger partial charge on any atom is -0.496 e. The molecule has 2 rings (SSSR count). The predicted octanol–water partition coefficient (Wildman–Crippen LogP) is 4.84. The van der Waals surface area contributed by atoms with Crippen molar-refractivity contribution >= 4 is 21.6 Å². The maximum absolute atomic E-state index is 5.25. The summed E-state index contributed by atoms with van der Waals surface area (Å²) in [5.74, 6) is 1.70. The van der Waals surface area contributed by atoms with Crippen LogP contribution in [0.1, 0.15) is 39.0 Å². The van der Waals surface area contributed by atoms with Crippen molar-refractivity contribution in [3.63, 3.8) is 0 Å². The molecule has 1 fully saturated rings. The number of anilines is 1. The van der Waals surface area contributed by atoms with E-state index in [1.807, 2.05) is 6.07 Å². The van der Waals surface area contributed by atoms with Gasteiger partial charge in [-0.2, -0.15) is 0 Å². The van der Waals surface area contributed by atoms with Crippen molar-refractivity contribution in [2.75, 3.05) is 12.4 Å². The van der Waals surface area contributed by atoms with Crippen molar-refractivity contribution < 1.29 is 4.74 Å². The van der Waals surface area contributed by atoms with Crippen LogP contribution in [0.25, 0.3) is 0 Å². The zero-order valence-electron chi connectivity index (χ0n) is 11.2. The average molecular weight is 312 g/mol. The molecule has 2 nitrogen and oxygen atoms in total. The lowest BCUT2D eigenvalue weighted by Gasteiger charge is -2.29. The van der Waals surface area contributed by atoms with Crippen molar-refractivity contribution in [2.45, 2.75) is 45.1 Å². The molecule has 0 heterocycles. The van der Waals surface area contributed by atoms with Crippen LogP contribution in [0.3, 0.4) is 0 Å². The van der Waals surface area contributed by atoms with E-state index in [0.29, 0.717) is 6.04 Å². The summed E-state index contributed by atoms with van der Waals surface area (Å²) in [6.45, 7) is 2.30. The second kappa shape index (κ2) is 6.46. The van der Waals surface area contributed by atoms with E-state index in [9.17, 15) is 0 Å². The maximum atomic E-state index is 5.25. The zero-order chi connectivity index (χ0) is 13.0. The van der Waals surface area contributed by atoms with Gasteiger partial charge in [-0.1, -0.05) is 19.3 Å². The Morgan fingerprint density at radius 1 is 1.28 bits per heavy atom.